The van der Waals surface area contributed by atoms with Crippen LogP contribution in [0.25, 0.3) is 0 Å². The Bertz CT molecular complexity index is 1220. The molecule has 3 rings (SSSR count). The lowest BCUT2D eigenvalue weighted by Gasteiger charge is -2.46. The molecule has 0 spiro atoms. The molecular weight excluding hydrogens is 604 g/mol. The largest absolute Gasteiger partial charge is 0.490 e. The molecule has 1 heterocycles. The van der Waals surface area contributed by atoms with Crippen molar-refractivity contribution in [3.63, 3.8) is 0 Å². The molecule has 41 heavy (non-hydrogen) atoms. The summed E-state index contributed by atoms with van der Waals surface area (Å²) >= 11 is 3.42. The lowest BCUT2D eigenvalue weighted by molar-refractivity contribution is -0.00881. The zero-order chi connectivity index (χ0) is 30.6. The fourth-order valence-electron chi connectivity index (χ4n) is 4.46. The van der Waals surface area contributed by atoms with E-state index in [-0.39, 0.29) is 36.7 Å². The smallest absolute Gasteiger partial charge is 0.410 e. The van der Waals surface area contributed by atoms with E-state index < -0.39 is 26.1 Å². The van der Waals surface area contributed by atoms with E-state index in [2.05, 4.69) is 61.2 Å². The number of nitrogens with zero attached hydrogens (tertiary/aromatic N) is 1. The van der Waals surface area contributed by atoms with Gasteiger partial charge in [0.05, 0.1) is 24.3 Å². The predicted molar refractivity (Wildman–Crippen MR) is 167 cm³/mol. The summed E-state index contributed by atoms with van der Waals surface area (Å²) in [5.74, 6) is 0.0454. The third kappa shape index (κ3) is 8.80. The van der Waals surface area contributed by atoms with Crippen LogP contribution in [-0.2, 0) is 22.1 Å². The van der Waals surface area contributed by atoms with Crippen molar-refractivity contribution in [2.75, 3.05) is 19.8 Å². The topological polar surface area (TPSA) is 97.3 Å². The lowest BCUT2D eigenvalue weighted by Crippen LogP contribution is -2.58. The maximum atomic E-state index is 13.6. The fraction of sp³-hybridized carbons (Fsp3) is 0.548. The number of rotatable bonds is 9. The second-order valence-corrected chi connectivity index (χ2v) is 18.7. The maximum Gasteiger partial charge on any atom is 0.410 e. The van der Waals surface area contributed by atoms with Crippen LogP contribution >= 0.6 is 15.9 Å². The van der Waals surface area contributed by atoms with Crippen LogP contribution in [0.3, 0.4) is 0 Å². The van der Waals surface area contributed by atoms with E-state index in [4.69, 9.17) is 13.9 Å². The summed E-state index contributed by atoms with van der Waals surface area (Å²) in [5, 5.41) is 12.2. The molecule has 8 nitrogen and oxygen atoms in total. The summed E-state index contributed by atoms with van der Waals surface area (Å²) in [6, 6.07) is 12.9. The van der Waals surface area contributed by atoms with Gasteiger partial charge in [-0.25, -0.2) is 4.79 Å². The van der Waals surface area contributed by atoms with Crippen LogP contribution in [0.15, 0.2) is 46.9 Å². The highest BCUT2D eigenvalue weighted by molar-refractivity contribution is 9.10. The Labute approximate surface area is 254 Å². The SMILES string of the molecule is CC(C)(C)OC(=O)N1Cc2ccccc2C[C@H]1[C@@H](CNC(=O)c1ccc(Br)cc1OCCO)O[Si](C)(C)C(C)(C)C. The van der Waals surface area contributed by atoms with Gasteiger partial charge in [0.25, 0.3) is 5.91 Å². The molecule has 0 unspecified atom stereocenters. The molecule has 1 aliphatic heterocycles. The van der Waals surface area contributed by atoms with Crippen LogP contribution in [0.4, 0.5) is 4.79 Å². The maximum absolute atomic E-state index is 13.6. The van der Waals surface area contributed by atoms with Crippen molar-refractivity contribution >= 4 is 36.2 Å². The molecule has 0 fully saturated rings. The van der Waals surface area contributed by atoms with E-state index in [0.29, 0.717) is 24.3 Å². The molecule has 2 aromatic rings. The zero-order valence-corrected chi connectivity index (χ0v) is 28.1. The van der Waals surface area contributed by atoms with Crippen molar-refractivity contribution in [2.45, 2.75) is 90.4 Å². The van der Waals surface area contributed by atoms with E-state index in [0.717, 1.165) is 15.6 Å². The van der Waals surface area contributed by atoms with Crippen molar-refractivity contribution in [3.8, 4) is 5.75 Å². The Hall–Kier alpha value is -2.40. The number of ether oxygens (including phenoxy) is 2. The van der Waals surface area contributed by atoms with E-state index >= 15 is 0 Å². The van der Waals surface area contributed by atoms with Crippen LogP contribution in [0.5, 0.6) is 5.75 Å². The number of hydrogen-bond acceptors (Lipinski definition) is 6. The molecule has 10 heteroatoms. The highest BCUT2D eigenvalue weighted by atomic mass is 79.9. The summed E-state index contributed by atoms with van der Waals surface area (Å²) in [6.07, 6.45) is -0.314. The minimum Gasteiger partial charge on any atom is -0.490 e. The van der Waals surface area contributed by atoms with E-state index in [9.17, 15) is 14.7 Å². The van der Waals surface area contributed by atoms with Gasteiger partial charge < -0.3 is 24.3 Å². The molecule has 0 saturated carbocycles. The van der Waals surface area contributed by atoms with Gasteiger partial charge in [-0.15, -0.1) is 0 Å². The second-order valence-electron chi connectivity index (χ2n) is 13.0. The number of carbonyl (C=O) groups excluding carboxylic acids is 2. The molecule has 0 aromatic heterocycles. The highest BCUT2D eigenvalue weighted by Crippen LogP contribution is 2.39. The van der Waals surface area contributed by atoms with Gasteiger partial charge in [-0.3, -0.25) is 9.69 Å². The normalized spacial score (nSPS) is 16.5. The van der Waals surface area contributed by atoms with Gasteiger partial charge >= 0.3 is 6.09 Å². The number of amides is 2. The van der Waals surface area contributed by atoms with Gasteiger partial charge in [-0.05, 0) is 74.7 Å². The van der Waals surface area contributed by atoms with Crippen LogP contribution in [-0.4, -0.2) is 67.8 Å². The first-order valence-corrected chi connectivity index (χ1v) is 17.8. The van der Waals surface area contributed by atoms with Crippen LogP contribution < -0.4 is 10.1 Å². The van der Waals surface area contributed by atoms with Crippen molar-refractivity contribution in [1.82, 2.24) is 10.2 Å². The quantitative estimate of drug-likeness (QED) is 0.310. The third-order valence-corrected chi connectivity index (χ3v) is 12.6. The Morgan fingerprint density at radius 3 is 2.37 bits per heavy atom. The standard InChI is InChI=1S/C31H45BrN2O6Si/c1-30(2,3)39-29(37)34-20-22-12-10-9-11-21(22)17-25(34)27(40-41(7,8)31(4,5)6)19-33-28(36)24-14-13-23(32)18-26(24)38-16-15-35/h9-14,18,25,27,35H,15-17,19-20H2,1-8H3,(H,33,36)/t25-,27+/m0/s1. The molecule has 0 radical (unpaired) electrons. The van der Waals surface area contributed by atoms with Crippen molar-refractivity contribution in [2.24, 2.45) is 0 Å². The van der Waals surface area contributed by atoms with Crippen LogP contribution in [0.1, 0.15) is 63.0 Å². The van der Waals surface area contributed by atoms with Gasteiger partial charge in [0.15, 0.2) is 8.32 Å². The van der Waals surface area contributed by atoms with Gasteiger partial charge in [-0.1, -0.05) is 61.0 Å². The number of aliphatic hydroxyl groups is 1. The summed E-state index contributed by atoms with van der Waals surface area (Å²) in [5.41, 5.74) is 1.92. The molecule has 226 valence electrons. The number of nitrogens with one attached hydrogen (secondary N) is 1. The predicted octanol–water partition coefficient (Wildman–Crippen LogP) is 6.30. The number of carbonyl (C=O) groups is 2. The summed E-state index contributed by atoms with van der Waals surface area (Å²) < 4.78 is 19.2. The molecule has 2 atom stereocenters. The highest BCUT2D eigenvalue weighted by Gasteiger charge is 2.44. The lowest BCUT2D eigenvalue weighted by atomic mass is 9.91. The summed E-state index contributed by atoms with van der Waals surface area (Å²) in [7, 11) is -2.33. The molecular formula is C31H45BrN2O6Si. The average molecular weight is 650 g/mol. The number of hydrogen-bond donors (Lipinski definition) is 2. The van der Waals surface area contributed by atoms with E-state index in [1.807, 2.05) is 39.0 Å². The number of halogens is 1. The van der Waals surface area contributed by atoms with E-state index in [1.54, 1.807) is 23.1 Å². The number of aliphatic hydroxyl groups excluding tert-OH is 1. The third-order valence-electron chi connectivity index (χ3n) is 7.60. The van der Waals surface area contributed by atoms with Gasteiger partial charge in [0.2, 0.25) is 0 Å². The Balaban J connectivity index is 1.97. The minimum atomic E-state index is -2.33. The zero-order valence-electron chi connectivity index (χ0n) is 25.5. The first kappa shape index (κ1) is 33.1. The number of fused-ring (bicyclic) bond motifs is 1. The Morgan fingerprint density at radius 2 is 1.76 bits per heavy atom. The Kier molecular flexibility index (Phi) is 10.7. The molecule has 0 saturated heterocycles. The first-order valence-electron chi connectivity index (χ1n) is 14.1. The first-order chi connectivity index (χ1) is 19.0. The van der Waals surface area contributed by atoms with Crippen LogP contribution in [0.2, 0.25) is 18.1 Å². The summed E-state index contributed by atoms with van der Waals surface area (Å²) in [6.45, 7) is 16.9. The average Bonchev–Trinajstić information content (AvgIpc) is 2.87. The molecule has 2 N–H and O–H groups in total. The number of benzene rings is 2. The second kappa shape index (κ2) is 13.3. The van der Waals surface area contributed by atoms with Crippen molar-refractivity contribution < 1.29 is 28.6 Å². The van der Waals surface area contributed by atoms with Crippen molar-refractivity contribution in [3.05, 3.63) is 63.6 Å². The molecule has 2 aromatic carbocycles. The van der Waals surface area contributed by atoms with Crippen molar-refractivity contribution in [1.29, 1.82) is 0 Å². The Morgan fingerprint density at radius 1 is 1.10 bits per heavy atom. The molecule has 2 amide bonds. The molecule has 1 aliphatic rings. The molecule has 0 bridgehead atoms. The summed E-state index contributed by atoms with van der Waals surface area (Å²) in [4.78, 5) is 28.8. The van der Waals surface area contributed by atoms with E-state index in [1.165, 1.54) is 0 Å². The monoisotopic (exact) mass is 648 g/mol. The van der Waals surface area contributed by atoms with Gasteiger partial charge in [0, 0.05) is 17.6 Å². The molecule has 0 aliphatic carbocycles. The van der Waals surface area contributed by atoms with Gasteiger partial charge in [0.1, 0.15) is 18.0 Å². The van der Waals surface area contributed by atoms with Crippen LogP contribution in [0, 0.1) is 0 Å². The fourth-order valence-corrected chi connectivity index (χ4v) is 6.15. The minimum absolute atomic E-state index is 0.0696. The van der Waals surface area contributed by atoms with Gasteiger partial charge in [-0.2, -0.15) is 0 Å².